The highest BCUT2D eigenvalue weighted by molar-refractivity contribution is 5.93. The number of methoxy groups -OCH3 is 1. The van der Waals surface area contributed by atoms with Gasteiger partial charge < -0.3 is 15.4 Å². The Kier molecular flexibility index (Phi) is 6.48. The number of rotatable bonds is 8. The van der Waals surface area contributed by atoms with Crippen LogP contribution in [0.3, 0.4) is 0 Å². The summed E-state index contributed by atoms with van der Waals surface area (Å²) >= 11 is 0. The van der Waals surface area contributed by atoms with Crippen LogP contribution in [-0.2, 0) is 11.2 Å². The highest BCUT2D eigenvalue weighted by atomic mass is 16.5. The number of para-hydroxylation sites is 2. The number of nitrogens with one attached hydrogen (secondary N) is 2. The van der Waals surface area contributed by atoms with Gasteiger partial charge in [-0.25, -0.2) is 0 Å². The van der Waals surface area contributed by atoms with Crippen molar-refractivity contribution >= 4 is 17.3 Å². The molecule has 2 aromatic carbocycles. The standard InChI is InChI=1S/C19H24N2O2/c1-3-4-7-15-10-12-16(13-11-15)21-19(22)14-20-17-8-5-6-9-18(17)23-2/h5-6,8-13,20H,3-4,7,14H2,1-2H3,(H,21,22). The Balaban J connectivity index is 1.84. The van der Waals surface area contributed by atoms with Gasteiger partial charge in [-0.3, -0.25) is 4.79 Å². The molecule has 0 aliphatic carbocycles. The van der Waals surface area contributed by atoms with Gasteiger partial charge >= 0.3 is 0 Å². The molecule has 0 unspecified atom stereocenters. The average Bonchev–Trinajstić information content (AvgIpc) is 2.59. The lowest BCUT2D eigenvalue weighted by Gasteiger charge is -2.11. The van der Waals surface area contributed by atoms with Gasteiger partial charge in [0.05, 0.1) is 19.3 Å². The van der Waals surface area contributed by atoms with Crippen LogP contribution >= 0.6 is 0 Å². The molecule has 0 aliphatic rings. The lowest BCUT2D eigenvalue weighted by Crippen LogP contribution is -2.21. The van der Waals surface area contributed by atoms with E-state index in [2.05, 4.69) is 29.7 Å². The molecule has 0 heterocycles. The van der Waals surface area contributed by atoms with Crippen LogP contribution in [0.4, 0.5) is 11.4 Å². The van der Waals surface area contributed by atoms with Gasteiger partial charge in [-0.1, -0.05) is 37.6 Å². The van der Waals surface area contributed by atoms with Crippen LogP contribution in [-0.4, -0.2) is 19.6 Å². The second kappa shape index (κ2) is 8.83. The van der Waals surface area contributed by atoms with Crippen molar-refractivity contribution in [2.24, 2.45) is 0 Å². The van der Waals surface area contributed by atoms with E-state index < -0.39 is 0 Å². The van der Waals surface area contributed by atoms with Gasteiger partial charge in [-0.2, -0.15) is 0 Å². The molecule has 0 atom stereocenters. The maximum Gasteiger partial charge on any atom is 0.243 e. The van der Waals surface area contributed by atoms with Gasteiger partial charge in [0, 0.05) is 5.69 Å². The number of carbonyl (C=O) groups excluding carboxylic acids is 1. The third-order valence-electron chi connectivity index (χ3n) is 3.60. The Bertz CT molecular complexity index is 624. The Morgan fingerprint density at radius 1 is 1.09 bits per heavy atom. The first-order valence-corrected chi connectivity index (χ1v) is 7.98. The number of ether oxygens (including phenoxy) is 1. The fraction of sp³-hybridized carbons (Fsp3) is 0.316. The summed E-state index contributed by atoms with van der Waals surface area (Å²) in [6.07, 6.45) is 3.46. The number of benzene rings is 2. The van der Waals surface area contributed by atoms with Gasteiger partial charge in [-0.05, 0) is 42.7 Å². The normalized spacial score (nSPS) is 10.2. The summed E-state index contributed by atoms with van der Waals surface area (Å²) in [6, 6.07) is 15.6. The van der Waals surface area contributed by atoms with E-state index in [1.165, 1.54) is 18.4 Å². The predicted molar refractivity (Wildman–Crippen MR) is 95.2 cm³/mol. The van der Waals surface area contributed by atoms with Crippen molar-refractivity contribution in [2.45, 2.75) is 26.2 Å². The van der Waals surface area contributed by atoms with Crippen LogP contribution in [0.25, 0.3) is 0 Å². The first-order chi connectivity index (χ1) is 11.2. The fourth-order valence-electron chi connectivity index (χ4n) is 2.31. The zero-order chi connectivity index (χ0) is 16.5. The number of carbonyl (C=O) groups is 1. The Morgan fingerprint density at radius 2 is 1.83 bits per heavy atom. The summed E-state index contributed by atoms with van der Waals surface area (Å²) < 4.78 is 5.25. The monoisotopic (exact) mass is 312 g/mol. The smallest absolute Gasteiger partial charge is 0.243 e. The zero-order valence-corrected chi connectivity index (χ0v) is 13.8. The molecule has 0 saturated heterocycles. The molecule has 2 rings (SSSR count). The molecule has 4 nitrogen and oxygen atoms in total. The molecule has 0 aromatic heterocycles. The molecule has 2 aromatic rings. The van der Waals surface area contributed by atoms with Crippen molar-refractivity contribution < 1.29 is 9.53 Å². The van der Waals surface area contributed by atoms with E-state index in [-0.39, 0.29) is 12.5 Å². The Labute approximate surface area is 137 Å². The second-order valence-electron chi connectivity index (χ2n) is 5.40. The van der Waals surface area contributed by atoms with Crippen LogP contribution in [0, 0.1) is 0 Å². The minimum Gasteiger partial charge on any atom is -0.495 e. The van der Waals surface area contributed by atoms with E-state index in [1.54, 1.807) is 7.11 Å². The minimum atomic E-state index is -0.0859. The summed E-state index contributed by atoms with van der Waals surface area (Å²) in [4.78, 5) is 12.0. The molecule has 2 N–H and O–H groups in total. The lowest BCUT2D eigenvalue weighted by atomic mass is 10.1. The van der Waals surface area contributed by atoms with Gasteiger partial charge in [0.15, 0.2) is 0 Å². The molecule has 0 spiro atoms. The average molecular weight is 312 g/mol. The zero-order valence-electron chi connectivity index (χ0n) is 13.8. The maximum atomic E-state index is 12.0. The van der Waals surface area contributed by atoms with E-state index in [0.717, 1.165) is 23.5 Å². The highest BCUT2D eigenvalue weighted by Gasteiger charge is 2.05. The van der Waals surface area contributed by atoms with Gasteiger partial charge in [0.2, 0.25) is 5.91 Å². The van der Waals surface area contributed by atoms with Crippen LogP contribution in [0.5, 0.6) is 5.75 Å². The first-order valence-electron chi connectivity index (χ1n) is 7.98. The van der Waals surface area contributed by atoms with E-state index in [9.17, 15) is 4.79 Å². The third kappa shape index (κ3) is 5.33. The molecule has 0 aliphatic heterocycles. The van der Waals surface area contributed by atoms with Gasteiger partial charge in [-0.15, -0.1) is 0 Å². The molecule has 23 heavy (non-hydrogen) atoms. The highest BCUT2D eigenvalue weighted by Crippen LogP contribution is 2.22. The minimum absolute atomic E-state index is 0.0859. The summed E-state index contributed by atoms with van der Waals surface area (Å²) in [5.41, 5.74) is 2.93. The van der Waals surface area contributed by atoms with Crippen LogP contribution < -0.4 is 15.4 Å². The van der Waals surface area contributed by atoms with Crippen molar-refractivity contribution in [3.05, 3.63) is 54.1 Å². The van der Waals surface area contributed by atoms with E-state index in [1.807, 2.05) is 36.4 Å². The van der Waals surface area contributed by atoms with Crippen molar-refractivity contribution in [3.8, 4) is 5.75 Å². The molecule has 1 amide bonds. The van der Waals surface area contributed by atoms with Crippen molar-refractivity contribution in [1.29, 1.82) is 0 Å². The molecule has 0 radical (unpaired) electrons. The Morgan fingerprint density at radius 3 is 2.52 bits per heavy atom. The maximum absolute atomic E-state index is 12.0. The molecule has 0 fully saturated rings. The number of unbranched alkanes of at least 4 members (excludes halogenated alkanes) is 1. The summed E-state index contributed by atoms with van der Waals surface area (Å²) in [5.74, 6) is 0.637. The van der Waals surface area contributed by atoms with Gasteiger partial charge in [0.1, 0.15) is 5.75 Å². The predicted octanol–water partition coefficient (Wildman–Crippen LogP) is 4.09. The second-order valence-corrected chi connectivity index (χ2v) is 5.40. The number of anilines is 2. The van der Waals surface area contributed by atoms with Crippen molar-refractivity contribution in [3.63, 3.8) is 0 Å². The van der Waals surface area contributed by atoms with Crippen LogP contribution in [0.1, 0.15) is 25.3 Å². The number of amides is 1. The van der Waals surface area contributed by atoms with E-state index >= 15 is 0 Å². The van der Waals surface area contributed by atoms with E-state index in [0.29, 0.717) is 0 Å². The number of hydrogen-bond donors (Lipinski definition) is 2. The molecule has 0 bridgehead atoms. The SMILES string of the molecule is CCCCc1ccc(NC(=O)CNc2ccccc2OC)cc1. The topological polar surface area (TPSA) is 50.4 Å². The molecular weight excluding hydrogens is 288 g/mol. The molecule has 0 saturated carbocycles. The summed E-state index contributed by atoms with van der Waals surface area (Å²) in [6.45, 7) is 2.38. The number of aryl methyl sites for hydroxylation is 1. The summed E-state index contributed by atoms with van der Waals surface area (Å²) in [7, 11) is 1.61. The lowest BCUT2D eigenvalue weighted by molar-refractivity contribution is -0.114. The Hall–Kier alpha value is -2.49. The van der Waals surface area contributed by atoms with Crippen LogP contribution in [0.15, 0.2) is 48.5 Å². The molecule has 122 valence electrons. The van der Waals surface area contributed by atoms with Crippen molar-refractivity contribution in [2.75, 3.05) is 24.3 Å². The molecule has 4 heteroatoms. The van der Waals surface area contributed by atoms with Gasteiger partial charge in [0.25, 0.3) is 0 Å². The molecular formula is C19H24N2O2. The first kappa shape index (κ1) is 16.9. The third-order valence-corrected chi connectivity index (χ3v) is 3.60. The van der Waals surface area contributed by atoms with Crippen LogP contribution in [0.2, 0.25) is 0 Å². The largest absolute Gasteiger partial charge is 0.495 e. The van der Waals surface area contributed by atoms with Crippen molar-refractivity contribution in [1.82, 2.24) is 0 Å². The fourth-order valence-corrected chi connectivity index (χ4v) is 2.31. The summed E-state index contributed by atoms with van der Waals surface area (Å²) in [5, 5.41) is 5.98. The quantitative estimate of drug-likeness (QED) is 0.772. The number of hydrogen-bond acceptors (Lipinski definition) is 3. The van der Waals surface area contributed by atoms with E-state index in [4.69, 9.17) is 4.74 Å².